The van der Waals surface area contributed by atoms with Gasteiger partial charge in [0.2, 0.25) is 0 Å². The molecule has 0 spiro atoms. The summed E-state index contributed by atoms with van der Waals surface area (Å²) in [5, 5.41) is 6.18. The fourth-order valence-corrected chi connectivity index (χ4v) is 1.92. The first-order chi connectivity index (χ1) is 6.31. The summed E-state index contributed by atoms with van der Waals surface area (Å²) in [6, 6.07) is -0.175. The van der Waals surface area contributed by atoms with Crippen molar-refractivity contribution < 1.29 is 4.79 Å². The van der Waals surface area contributed by atoms with Crippen LogP contribution in [0.2, 0.25) is 0 Å². The van der Waals surface area contributed by atoms with E-state index in [-0.39, 0.29) is 6.03 Å². The van der Waals surface area contributed by atoms with Gasteiger partial charge in [0.1, 0.15) is 5.00 Å². The summed E-state index contributed by atoms with van der Waals surface area (Å²) in [4.78, 5) is 15.3. The van der Waals surface area contributed by atoms with Crippen LogP contribution < -0.4 is 10.6 Å². The van der Waals surface area contributed by atoms with Gasteiger partial charge in [0.25, 0.3) is 0 Å². The minimum absolute atomic E-state index is 0.175. The number of nitrogens with one attached hydrogen (secondary N) is 2. The lowest BCUT2D eigenvalue weighted by molar-refractivity contribution is 0.254. The zero-order valence-electron chi connectivity index (χ0n) is 7.33. The maximum absolute atomic E-state index is 11.0. The van der Waals surface area contributed by atoms with Gasteiger partial charge in [-0.05, 0) is 12.8 Å². The first-order valence-corrected chi connectivity index (χ1v) is 5.11. The van der Waals surface area contributed by atoms with E-state index in [9.17, 15) is 4.79 Å². The summed E-state index contributed by atoms with van der Waals surface area (Å²) < 4.78 is 0. The molecule has 1 aromatic rings. The van der Waals surface area contributed by atoms with Crippen LogP contribution in [0.1, 0.15) is 24.5 Å². The van der Waals surface area contributed by atoms with Crippen molar-refractivity contribution in [1.29, 1.82) is 0 Å². The topological polar surface area (TPSA) is 54.0 Å². The Morgan fingerprint density at radius 3 is 3.08 bits per heavy atom. The monoisotopic (exact) mass is 197 g/mol. The zero-order valence-corrected chi connectivity index (χ0v) is 8.15. The van der Waals surface area contributed by atoms with Crippen molar-refractivity contribution in [2.24, 2.45) is 0 Å². The van der Waals surface area contributed by atoms with Gasteiger partial charge in [-0.3, -0.25) is 5.32 Å². The molecule has 0 atom stereocenters. The summed E-state index contributed by atoms with van der Waals surface area (Å²) in [6.07, 6.45) is 2.40. The van der Waals surface area contributed by atoms with E-state index in [1.165, 1.54) is 24.2 Å². The fourth-order valence-electron chi connectivity index (χ4n) is 1.16. The summed E-state index contributed by atoms with van der Waals surface area (Å²) in [5.41, 5.74) is 2.83. The van der Waals surface area contributed by atoms with Crippen LogP contribution in [0.15, 0.2) is 5.51 Å². The van der Waals surface area contributed by atoms with Crippen LogP contribution in [0, 0.1) is 0 Å². The van der Waals surface area contributed by atoms with Crippen LogP contribution in [-0.4, -0.2) is 18.1 Å². The van der Waals surface area contributed by atoms with Crippen LogP contribution in [0.25, 0.3) is 0 Å². The number of hydrogen-bond donors (Lipinski definition) is 2. The number of anilines is 1. The summed E-state index contributed by atoms with van der Waals surface area (Å²) >= 11 is 1.48. The predicted molar refractivity (Wildman–Crippen MR) is 52.2 cm³/mol. The van der Waals surface area contributed by atoms with Crippen LogP contribution in [0.3, 0.4) is 0 Å². The van der Waals surface area contributed by atoms with Gasteiger partial charge in [-0.25, -0.2) is 9.78 Å². The molecule has 0 radical (unpaired) electrons. The largest absolute Gasteiger partial charge is 0.341 e. The lowest BCUT2D eigenvalue weighted by Gasteiger charge is -2.02. The molecular weight excluding hydrogens is 186 g/mol. The number of nitrogens with zero attached hydrogens (tertiary/aromatic N) is 1. The van der Waals surface area contributed by atoms with E-state index in [1.807, 2.05) is 0 Å². The highest BCUT2D eigenvalue weighted by molar-refractivity contribution is 7.14. The zero-order chi connectivity index (χ0) is 9.26. The molecule has 0 saturated heterocycles. The van der Waals surface area contributed by atoms with E-state index in [2.05, 4.69) is 15.6 Å². The highest BCUT2D eigenvalue weighted by Crippen LogP contribution is 2.43. The molecule has 1 aliphatic carbocycles. The second-order valence-electron chi connectivity index (χ2n) is 3.05. The SMILES string of the molecule is CNC(=O)Nc1scnc1C1CC1. The van der Waals surface area contributed by atoms with Crippen LogP contribution in [-0.2, 0) is 0 Å². The van der Waals surface area contributed by atoms with E-state index < -0.39 is 0 Å². The predicted octanol–water partition coefficient (Wildman–Crippen LogP) is 1.77. The third kappa shape index (κ3) is 1.80. The molecule has 0 unspecified atom stereocenters. The van der Waals surface area contributed by atoms with Crippen LogP contribution in [0.4, 0.5) is 9.80 Å². The van der Waals surface area contributed by atoms with Crippen molar-refractivity contribution in [2.75, 3.05) is 12.4 Å². The second kappa shape index (κ2) is 3.33. The smallest absolute Gasteiger partial charge is 0.319 e. The Morgan fingerprint density at radius 2 is 2.46 bits per heavy atom. The van der Waals surface area contributed by atoms with Crippen molar-refractivity contribution >= 4 is 22.4 Å². The Balaban J connectivity index is 2.10. The Bertz CT molecular complexity index is 319. The van der Waals surface area contributed by atoms with Gasteiger partial charge in [0.15, 0.2) is 0 Å². The summed E-state index contributed by atoms with van der Waals surface area (Å²) in [7, 11) is 1.60. The van der Waals surface area contributed by atoms with Crippen molar-refractivity contribution in [3.63, 3.8) is 0 Å². The molecule has 0 bridgehead atoms. The van der Waals surface area contributed by atoms with E-state index >= 15 is 0 Å². The van der Waals surface area contributed by atoms with Crippen LogP contribution >= 0.6 is 11.3 Å². The molecule has 4 nitrogen and oxygen atoms in total. The third-order valence-corrected chi connectivity index (χ3v) is 2.77. The molecular formula is C8H11N3OS. The van der Waals surface area contributed by atoms with Crippen molar-refractivity contribution in [2.45, 2.75) is 18.8 Å². The minimum Gasteiger partial charge on any atom is -0.341 e. The Morgan fingerprint density at radius 1 is 1.69 bits per heavy atom. The maximum atomic E-state index is 11.0. The molecule has 1 aliphatic rings. The molecule has 0 aliphatic heterocycles. The number of carbonyl (C=O) groups is 1. The Hall–Kier alpha value is -1.10. The molecule has 0 aromatic carbocycles. The Labute approximate surface area is 80.4 Å². The van der Waals surface area contributed by atoms with Crippen molar-refractivity contribution in [3.8, 4) is 0 Å². The standard InChI is InChI=1S/C8H11N3OS/c1-9-8(12)11-7-6(5-2-3-5)10-4-13-7/h4-5H,2-3H2,1H3,(H2,9,11,12). The number of carbonyl (C=O) groups excluding carboxylic acids is 1. The lowest BCUT2D eigenvalue weighted by Crippen LogP contribution is -2.24. The van der Waals surface area contributed by atoms with Gasteiger partial charge < -0.3 is 5.32 Å². The first-order valence-electron chi connectivity index (χ1n) is 4.23. The second-order valence-corrected chi connectivity index (χ2v) is 3.90. The number of urea groups is 1. The van der Waals surface area contributed by atoms with Crippen molar-refractivity contribution in [1.82, 2.24) is 10.3 Å². The van der Waals surface area contributed by atoms with E-state index in [1.54, 1.807) is 12.6 Å². The average molecular weight is 197 g/mol. The molecule has 1 fully saturated rings. The quantitative estimate of drug-likeness (QED) is 0.759. The number of hydrogen-bond acceptors (Lipinski definition) is 3. The number of amides is 2. The molecule has 1 aromatic heterocycles. The summed E-state index contributed by atoms with van der Waals surface area (Å²) in [5.74, 6) is 0.582. The lowest BCUT2D eigenvalue weighted by atomic mass is 10.3. The van der Waals surface area contributed by atoms with Crippen LogP contribution in [0.5, 0.6) is 0 Å². The van der Waals surface area contributed by atoms with Gasteiger partial charge in [-0.15, -0.1) is 11.3 Å². The van der Waals surface area contributed by atoms with Gasteiger partial charge in [-0.2, -0.15) is 0 Å². The summed E-state index contributed by atoms with van der Waals surface area (Å²) in [6.45, 7) is 0. The van der Waals surface area contributed by atoms with Gasteiger partial charge in [0, 0.05) is 13.0 Å². The molecule has 2 rings (SSSR count). The molecule has 13 heavy (non-hydrogen) atoms. The van der Waals surface area contributed by atoms with Crippen molar-refractivity contribution in [3.05, 3.63) is 11.2 Å². The van der Waals surface area contributed by atoms with Gasteiger partial charge >= 0.3 is 6.03 Å². The Kier molecular flexibility index (Phi) is 2.18. The third-order valence-electron chi connectivity index (χ3n) is 2.01. The van der Waals surface area contributed by atoms with E-state index in [0.717, 1.165) is 10.7 Å². The molecule has 2 N–H and O–H groups in total. The highest BCUT2D eigenvalue weighted by Gasteiger charge is 2.28. The normalized spacial score (nSPS) is 15.5. The average Bonchev–Trinajstić information content (AvgIpc) is 2.88. The molecule has 70 valence electrons. The number of aromatic nitrogens is 1. The highest BCUT2D eigenvalue weighted by atomic mass is 32.1. The fraction of sp³-hybridized carbons (Fsp3) is 0.500. The molecule has 5 heteroatoms. The maximum Gasteiger partial charge on any atom is 0.319 e. The molecule has 1 saturated carbocycles. The first kappa shape index (κ1) is 8.50. The van der Waals surface area contributed by atoms with Gasteiger partial charge in [0.05, 0.1) is 11.2 Å². The number of rotatable bonds is 2. The number of thiazole rings is 1. The van der Waals surface area contributed by atoms with E-state index in [0.29, 0.717) is 5.92 Å². The van der Waals surface area contributed by atoms with E-state index in [4.69, 9.17) is 0 Å². The molecule has 2 amide bonds. The minimum atomic E-state index is -0.175. The molecule has 1 heterocycles. The van der Waals surface area contributed by atoms with Gasteiger partial charge in [-0.1, -0.05) is 0 Å².